The Hall–Kier alpha value is -1.82. The van der Waals surface area contributed by atoms with Crippen LogP contribution in [0.2, 0.25) is 5.28 Å². The summed E-state index contributed by atoms with van der Waals surface area (Å²) >= 11 is 5.54. The average Bonchev–Trinajstić information content (AvgIpc) is 2.37. The Labute approximate surface area is 125 Å². The van der Waals surface area contributed by atoms with E-state index in [1.165, 1.54) is 0 Å². The van der Waals surface area contributed by atoms with Crippen molar-refractivity contribution in [3.63, 3.8) is 0 Å². The van der Waals surface area contributed by atoms with Gasteiger partial charge in [0.15, 0.2) is 5.69 Å². The molecule has 2 rings (SSSR count). The summed E-state index contributed by atoms with van der Waals surface area (Å²) in [6, 6.07) is 8.30. The molecular formula is C14H13ClF3N3. The average molecular weight is 316 g/mol. The molecule has 1 atom stereocenters. The summed E-state index contributed by atoms with van der Waals surface area (Å²) in [6.45, 7) is 3.79. The van der Waals surface area contributed by atoms with E-state index in [9.17, 15) is 13.2 Å². The molecule has 0 aliphatic rings. The SMILES string of the molecule is Cc1ccc(C(C)Nc2cc(C(F)(F)F)nc(Cl)n2)cc1. The monoisotopic (exact) mass is 315 g/mol. The van der Waals surface area contributed by atoms with Crippen LogP contribution in [-0.2, 0) is 6.18 Å². The molecule has 1 aromatic carbocycles. The molecule has 0 saturated carbocycles. The van der Waals surface area contributed by atoms with Crippen LogP contribution in [-0.4, -0.2) is 9.97 Å². The fourth-order valence-electron chi connectivity index (χ4n) is 1.80. The molecule has 0 aliphatic heterocycles. The lowest BCUT2D eigenvalue weighted by atomic mass is 10.1. The molecule has 0 fully saturated rings. The second-order valence-electron chi connectivity index (χ2n) is 4.68. The zero-order valence-electron chi connectivity index (χ0n) is 11.4. The predicted octanol–water partition coefficient (Wildman–Crippen LogP) is 4.63. The van der Waals surface area contributed by atoms with Crippen molar-refractivity contribution < 1.29 is 13.2 Å². The lowest BCUT2D eigenvalue weighted by molar-refractivity contribution is -0.141. The van der Waals surface area contributed by atoms with Gasteiger partial charge < -0.3 is 5.32 Å². The summed E-state index contributed by atoms with van der Waals surface area (Å²) in [6.07, 6.45) is -4.56. The molecule has 1 heterocycles. The number of rotatable bonds is 3. The third kappa shape index (κ3) is 4.07. The van der Waals surface area contributed by atoms with Crippen LogP contribution in [0.15, 0.2) is 30.3 Å². The van der Waals surface area contributed by atoms with Gasteiger partial charge in [0.05, 0.1) is 0 Å². The number of benzene rings is 1. The summed E-state index contributed by atoms with van der Waals surface area (Å²) in [5, 5.41) is 2.45. The van der Waals surface area contributed by atoms with Crippen LogP contribution in [0.5, 0.6) is 0 Å². The molecule has 0 amide bonds. The second kappa shape index (κ2) is 5.89. The van der Waals surface area contributed by atoms with Crippen molar-refractivity contribution in [2.45, 2.75) is 26.1 Å². The summed E-state index contributed by atoms with van der Waals surface area (Å²) < 4.78 is 38.0. The number of hydrogen-bond donors (Lipinski definition) is 1. The van der Waals surface area contributed by atoms with Crippen LogP contribution in [0.4, 0.5) is 19.0 Å². The molecule has 1 aromatic heterocycles. The van der Waals surface area contributed by atoms with Crippen LogP contribution >= 0.6 is 11.6 Å². The van der Waals surface area contributed by atoms with Crippen molar-refractivity contribution in [2.24, 2.45) is 0 Å². The highest BCUT2D eigenvalue weighted by atomic mass is 35.5. The van der Waals surface area contributed by atoms with Crippen molar-refractivity contribution >= 4 is 17.4 Å². The maximum absolute atomic E-state index is 12.7. The molecule has 0 aliphatic carbocycles. The number of anilines is 1. The summed E-state index contributed by atoms with van der Waals surface area (Å²) in [4.78, 5) is 6.96. The van der Waals surface area contributed by atoms with E-state index in [2.05, 4.69) is 15.3 Å². The summed E-state index contributed by atoms with van der Waals surface area (Å²) in [7, 11) is 0. The number of aromatic nitrogens is 2. The number of halogens is 4. The van der Waals surface area contributed by atoms with Crippen molar-refractivity contribution in [3.8, 4) is 0 Å². The highest BCUT2D eigenvalue weighted by molar-refractivity contribution is 6.28. The molecule has 0 saturated heterocycles. The number of nitrogens with zero attached hydrogens (tertiary/aromatic N) is 2. The number of hydrogen-bond acceptors (Lipinski definition) is 3. The van der Waals surface area contributed by atoms with Crippen molar-refractivity contribution in [3.05, 3.63) is 52.4 Å². The van der Waals surface area contributed by atoms with Crippen molar-refractivity contribution in [1.82, 2.24) is 9.97 Å². The molecule has 1 N–H and O–H groups in total. The first kappa shape index (κ1) is 15.6. The molecule has 1 unspecified atom stereocenters. The Morgan fingerprint density at radius 1 is 1.14 bits per heavy atom. The Morgan fingerprint density at radius 3 is 2.33 bits per heavy atom. The van der Waals surface area contributed by atoms with E-state index in [4.69, 9.17) is 11.6 Å². The molecule has 112 valence electrons. The molecule has 0 radical (unpaired) electrons. The molecule has 0 bridgehead atoms. The first-order chi connectivity index (χ1) is 9.75. The van der Waals surface area contributed by atoms with Crippen LogP contribution in [0, 0.1) is 6.92 Å². The number of alkyl halides is 3. The summed E-state index contributed by atoms with van der Waals surface area (Å²) in [5.74, 6) is 0.0374. The van der Waals surface area contributed by atoms with E-state index < -0.39 is 17.2 Å². The third-order valence-corrected chi connectivity index (χ3v) is 3.10. The molecule has 7 heteroatoms. The maximum atomic E-state index is 12.7. The third-order valence-electron chi connectivity index (χ3n) is 2.93. The van der Waals surface area contributed by atoms with Gasteiger partial charge in [-0.25, -0.2) is 9.97 Å². The van der Waals surface area contributed by atoms with E-state index in [1.807, 2.05) is 38.1 Å². The van der Waals surface area contributed by atoms with Gasteiger partial charge in [-0.15, -0.1) is 0 Å². The van der Waals surface area contributed by atoms with Gasteiger partial charge in [-0.3, -0.25) is 0 Å². The van der Waals surface area contributed by atoms with Crippen LogP contribution in [0.25, 0.3) is 0 Å². The van der Waals surface area contributed by atoms with Crippen molar-refractivity contribution in [2.75, 3.05) is 5.32 Å². The van der Waals surface area contributed by atoms with E-state index >= 15 is 0 Å². The van der Waals surface area contributed by atoms with Gasteiger partial charge in [0, 0.05) is 12.1 Å². The van der Waals surface area contributed by atoms with Gasteiger partial charge >= 0.3 is 6.18 Å². The normalized spacial score (nSPS) is 13.0. The highest BCUT2D eigenvalue weighted by Crippen LogP contribution is 2.30. The van der Waals surface area contributed by atoms with Gasteiger partial charge in [-0.05, 0) is 31.0 Å². The Morgan fingerprint density at radius 2 is 1.76 bits per heavy atom. The first-order valence-corrected chi connectivity index (χ1v) is 6.58. The second-order valence-corrected chi connectivity index (χ2v) is 5.02. The minimum atomic E-state index is -4.56. The smallest absolute Gasteiger partial charge is 0.363 e. The van der Waals surface area contributed by atoms with Crippen molar-refractivity contribution in [1.29, 1.82) is 0 Å². The Bertz CT molecular complexity index is 626. The van der Waals surface area contributed by atoms with E-state index in [0.29, 0.717) is 0 Å². The first-order valence-electron chi connectivity index (χ1n) is 6.20. The molecule has 0 spiro atoms. The Kier molecular flexibility index (Phi) is 4.37. The largest absolute Gasteiger partial charge is 0.433 e. The topological polar surface area (TPSA) is 37.8 Å². The van der Waals surface area contributed by atoms with E-state index in [0.717, 1.165) is 17.2 Å². The zero-order chi connectivity index (χ0) is 15.6. The van der Waals surface area contributed by atoms with Crippen LogP contribution < -0.4 is 5.32 Å². The fourth-order valence-corrected chi connectivity index (χ4v) is 1.98. The van der Waals surface area contributed by atoms with Gasteiger partial charge in [-0.2, -0.15) is 13.2 Å². The summed E-state index contributed by atoms with van der Waals surface area (Å²) in [5.41, 5.74) is 0.973. The van der Waals surface area contributed by atoms with Gasteiger partial charge in [0.2, 0.25) is 5.28 Å². The maximum Gasteiger partial charge on any atom is 0.433 e. The van der Waals surface area contributed by atoms with E-state index in [1.54, 1.807) is 0 Å². The van der Waals surface area contributed by atoms with E-state index in [-0.39, 0.29) is 11.9 Å². The van der Waals surface area contributed by atoms with Crippen LogP contribution in [0.1, 0.15) is 29.8 Å². The lowest BCUT2D eigenvalue weighted by Gasteiger charge is -2.16. The minimum Gasteiger partial charge on any atom is -0.363 e. The molecular weight excluding hydrogens is 303 g/mol. The van der Waals surface area contributed by atoms with Gasteiger partial charge in [0.25, 0.3) is 0 Å². The van der Waals surface area contributed by atoms with Gasteiger partial charge in [-0.1, -0.05) is 29.8 Å². The minimum absolute atomic E-state index is 0.0374. The predicted molar refractivity (Wildman–Crippen MR) is 75.3 cm³/mol. The zero-order valence-corrected chi connectivity index (χ0v) is 12.1. The molecule has 3 nitrogen and oxygen atoms in total. The standard InChI is InChI=1S/C14H13ClF3N3/c1-8-3-5-10(6-4-8)9(2)19-12-7-11(14(16,17)18)20-13(15)21-12/h3-7,9H,1-2H3,(H,19,20,21). The Balaban J connectivity index is 2.23. The molecule has 2 aromatic rings. The highest BCUT2D eigenvalue weighted by Gasteiger charge is 2.33. The lowest BCUT2D eigenvalue weighted by Crippen LogP contribution is -2.13. The van der Waals surface area contributed by atoms with Crippen LogP contribution in [0.3, 0.4) is 0 Å². The van der Waals surface area contributed by atoms with Gasteiger partial charge in [0.1, 0.15) is 5.82 Å². The fraction of sp³-hybridized carbons (Fsp3) is 0.286. The number of aryl methyl sites for hydroxylation is 1. The quantitative estimate of drug-likeness (QED) is 0.839. The number of nitrogens with one attached hydrogen (secondary N) is 1. The molecule has 21 heavy (non-hydrogen) atoms.